The van der Waals surface area contributed by atoms with E-state index in [1.165, 1.54) is 12.8 Å². The Labute approximate surface area is 108 Å². The Morgan fingerprint density at radius 1 is 1.50 bits per heavy atom. The van der Waals surface area contributed by atoms with Gasteiger partial charge in [-0.25, -0.2) is 0 Å². The largest absolute Gasteiger partial charge is 0.398 e. The lowest BCUT2D eigenvalue weighted by molar-refractivity contribution is 0.107. The fraction of sp³-hybridized carbons (Fsp3) is 0.500. The zero-order chi connectivity index (χ0) is 12.8. The minimum absolute atomic E-state index is 0.354. The van der Waals surface area contributed by atoms with E-state index in [-0.39, 0.29) is 0 Å². The van der Waals surface area contributed by atoms with Crippen LogP contribution in [0.15, 0.2) is 18.2 Å². The Morgan fingerprint density at radius 3 is 3.11 bits per heavy atom. The Balaban J connectivity index is 1.85. The van der Waals surface area contributed by atoms with Gasteiger partial charge in [-0.1, -0.05) is 0 Å². The number of nitrogens with two attached hydrogens (primary N) is 1. The molecule has 1 saturated heterocycles. The van der Waals surface area contributed by atoms with Crippen LogP contribution in [0.2, 0.25) is 0 Å². The summed E-state index contributed by atoms with van der Waals surface area (Å²) < 4.78 is 5.57. The molecule has 1 aliphatic heterocycles. The zero-order valence-electron chi connectivity index (χ0n) is 10.5. The van der Waals surface area contributed by atoms with E-state index in [2.05, 4.69) is 11.4 Å². The lowest BCUT2D eigenvalue weighted by Crippen LogP contribution is -2.12. The molecule has 0 aliphatic carbocycles. The van der Waals surface area contributed by atoms with Crippen LogP contribution >= 0.6 is 0 Å². The Hall–Kier alpha value is -1.73. The minimum Gasteiger partial charge on any atom is -0.398 e. The van der Waals surface area contributed by atoms with E-state index in [1.807, 2.05) is 18.2 Å². The van der Waals surface area contributed by atoms with Gasteiger partial charge >= 0.3 is 0 Å². The first kappa shape index (κ1) is 12.7. The molecule has 0 spiro atoms. The number of benzene rings is 1. The summed E-state index contributed by atoms with van der Waals surface area (Å²) in [4.78, 5) is 0. The summed E-state index contributed by atoms with van der Waals surface area (Å²) in [6, 6.07) is 7.88. The number of nitrogens with zero attached hydrogens (tertiary/aromatic N) is 1. The molecule has 4 nitrogen and oxygen atoms in total. The van der Waals surface area contributed by atoms with Gasteiger partial charge in [-0.3, -0.25) is 0 Å². The molecular formula is C14H19N3O. The maximum Gasteiger partial charge on any atom is 0.0670 e. The second kappa shape index (κ2) is 6.27. The molecule has 0 amide bonds. The number of nitriles is 1. The van der Waals surface area contributed by atoms with Crippen LogP contribution in [0, 0.1) is 11.3 Å². The van der Waals surface area contributed by atoms with Crippen molar-refractivity contribution in [3.63, 3.8) is 0 Å². The van der Waals surface area contributed by atoms with Crippen molar-refractivity contribution in [1.82, 2.24) is 0 Å². The highest BCUT2D eigenvalue weighted by molar-refractivity contribution is 5.57. The van der Waals surface area contributed by atoms with Gasteiger partial charge in [0.05, 0.1) is 18.6 Å². The van der Waals surface area contributed by atoms with E-state index in [9.17, 15) is 0 Å². The predicted octanol–water partition coefficient (Wildman–Crippen LogP) is 2.32. The van der Waals surface area contributed by atoms with E-state index in [1.54, 1.807) is 0 Å². The normalized spacial score (nSPS) is 18.5. The molecule has 0 bridgehead atoms. The lowest BCUT2D eigenvalue weighted by atomic mass is 10.1. The topological polar surface area (TPSA) is 71.1 Å². The van der Waals surface area contributed by atoms with E-state index in [4.69, 9.17) is 15.7 Å². The highest BCUT2D eigenvalue weighted by Gasteiger charge is 2.14. The molecule has 3 N–H and O–H groups in total. The summed E-state index contributed by atoms with van der Waals surface area (Å²) in [5, 5.41) is 12.1. The van der Waals surface area contributed by atoms with Crippen LogP contribution in [0.5, 0.6) is 0 Å². The predicted molar refractivity (Wildman–Crippen MR) is 72.3 cm³/mol. The van der Waals surface area contributed by atoms with E-state index in [0.29, 0.717) is 18.2 Å². The molecule has 1 unspecified atom stereocenters. The number of rotatable bonds is 5. The monoisotopic (exact) mass is 245 g/mol. The quantitative estimate of drug-likeness (QED) is 0.781. The Morgan fingerprint density at radius 2 is 2.39 bits per heavy atom. The van der Waals surface area contributed by atoms with E-state index >= 15 is 0 Å². The SMILES string of the molecule is N#CCc1cc(NCCC2CCCO2)ccc1N. The Kier molecular flexibility index (Phi) is 4.43. The third-order valence-electron chi connectivity index (χ3n) is 3.23. The van der Waals surface area contributed by atoms with Crippen molar-refractivity contribution < 1.29 is 4.74 Å². The molecular weight excluding hydrogens is 226 g/mol. The summed E-state index contributed by atoms with van der Waals surface area (Å²) >= 11 is 0. The molecule has 1 heterocycles. The molecule has 96 valence electrons. The molecule has 0 aromatic heterocycles. The summed E-state index contributed by atoms with van der Waals surface area (Å²) in [6.45, 7) is 1.79. The van der Waals surface area contributed by atoms with Crippen LogP contribution in [0.25, 0.3) is 0 Å². The smallest absolute Gasteiger partial charge is 0.0670 e. The molecule has 0 radical (unpaired) electrons. The van der Waals surface area contributed by atoms with Crippen LogP contribution in [-0.4, -0.2) is 19.3 Å². The fourth-order valence-corrected chi connectivity index (χ4v) is 2.20. The lowest BCUT2D eigenvalue weighted by Gasteiger charge is -2.12. The summed E-state index contributed by atoms with van der Waals surface area (Å²) in [7, 11) is 0. The number of anilines is 2. The first-order chi connectivity index (χ1) is 8.79. The van der Waals surface area contributed by atoms with Gasteiger partial charge in [0, 0.05) is 24.5 Å². The minimum atomic E-state index is 0.354. The molecule has 18 heavy (non-hydrogen) atoms. The van der Waals surface area contributed by atoms with E-state index in [0.717, 1.165) is 30.8 Å². The van der Waals surface area contributed by atoms with Gasteiger partial charge in [0.25, 0.3) is 0 Å². The molecule has 4 heteroatoms. The van der Waals surface area contributed by atoms with Crippen molar-refractivity contribution in [2.75, 3.05) is 24.2 Å². The van der Waals surface area contributed by atoms with Crippen LogP contribution in [0.3, 0.4) is 0 Å². The summed E-state index contributed by atoms with van der Waals surface area (Å²) in [5.74, 6) is 0. The van der Waals surface area contributed by atoms with Gasteiger partial charge in [0.1, 0.15) is 0 Å². The molecule has 1 aromatic carbocycles. The molecule has 1 atom stereocenters. The van der Waals surface area contributed by atoms with Crippen molar-refractivity contribution in [3.05, 3.63) is 23.8 Å². The Bertz CT molecular complexity index is 433. The number of hydrogen-bond acceptors (Lipinski definition) is 4. The van der Waals surface area contributed by atoms with Crippen molar-refractivity contribution >= 4 is 11.4 Å². The third-order valence-corrected chi connectivity index (χ3v) is 3.23. The molecule has 0 saturated carbocycles. The first-order valence-electron chi connectivity index (χ1n) is 6.40. The number of ether oxygens (including phenoxy) is 1. The van der Waals surface area contributed by atoms with Crippen LogP contribution in [0.4, 0.5) is 11.4 Å². The summed E-state index contributed by atoms with van der Waals surface area (Å²) in [6.07, 6.45) is 4.14. The second-order valence-electron chi connectivity index (χ2n) is 4.60. The number of nitrogen functional groups attached to an aromatic ring is 1. The van der Waals surface area contributed by atoms with Gasteiger partial charge in [0.2, 0.25) is 0 Å². The standard InChI is InChI=1S/C14H19N3O/c15-7-5-11-10-12(3-4-14(11)16)17-8-6-13-2-1-9-18-13/h3-4,10,13,17H,1-2,5-6,8-9,16H2. The summed E-state index contributed by atoms with van der Waals surface area (Å²) in [5.41, 5.74) is 8.40. The van der Waals surface area contributed by atoms with Crippen molar-refractivity contribution in [2.24, 2.45) is 0 Å². The average molecular weight is 245 g/mol. The maximum absolute atomic E-state index is 8.71. The van der Waals surface area contributed by atoms with Crippen LogP contribution in [-0.2, 0) is 11.2 Å². The fourth-order valence-electron chi connectivity index (χ4n) is 2.20. The maximum atomic E-state index is 8.71. The van der Waals surface area contributed by atoms with Crippen LogP contribution in [0.1, 0.15) is 24.8 Å². The molecule has 2 rings (SSSR count). The molecule has 1 aromatic rings. The van der Waals surface area contributed by atoms with Gasteiger partial charge in [-0.05, 0) is 43.0 Å². The van der Waals surface area contributed by atoms with Crippen molar-refractivity contribution in [3.8, 4) is 6.07 Å². The van der Waals surface area contributed by atoms with Gasteiger partial charge in [-0.2, -0.15) is 5.26 Å². The van der Waals surface area contributed by atoms with Crippen LogP contribution < -0.4 is 11.1 Å². The number of nitrogens with one attached hydrogen (secondary N) is 1. The highest BCUT2D eigenvalue weighted by atomic mass is 16.5. The van der Waals surface area contributed by atoms with Gasteiger partial charge in [0.15, 0.2) is 0 Å². The molecule has 1 aliphatic rings. The average Bonchev–Trinajstić information content (AvgIpc) is 2.87. The van der Waals surface area contributed by atoms with Crippen molar-refractivity contribution in [1.29, 1.82) is 5.26 Å². The number of hydrogen-bond donors (Lipinski definition) is 2. The second-order valence-corrected chi connectivity index (χ2v) is 4.60. The van der Waals surface area contributed by atoms with Gasteiger partial charge < -0.3 is 15.8 Å². The van der Waals surface area contributed by atoms with Gasteiger partial charge in [-0.15, -0.1) is 0 Å². The molecule has 1 fully saturated rings. The first-order valence-corrected chi connectivity index (χ1v) is 6.40. The highest BCUT2D eigenvalue weighted by Crippen LogP contribution is 2.19. The van der Waals surface area contributed by atoms with Crippen molar-refractivity contribution in [2.45, 2.75) is 31.8 Å². The van der Waals surface area contributed by atoms with E-state index < -0.39 is 0 Å². The third kappa shape index (κ3) is 3.38. The zero-order valence-corrected chi connectivity index (χ0v) is 10.5.